The topological polar surface area (TPSA) is 57.0 Å². The van der Waals surface area contributed by atoms with Gasteiger partial charge in [-0.3, -0.25) is 0 Å². The molecule has 28 heavy (non-hydrogen) atoms. The van der Waals surface area contributed by atoms with Gasteiger partial charge in [0.1, 0.15) is 0 Å². The van der Waals surface area contributed by atoms with Crippen LogP contribution in [0.3, 0.4) is 0 Å². The van der Waals surface area contributed by atoms with Gasteiger partial charge in [0.15, 0.2) is 5.65 Å². The Morgan fingerprint density at radius 2 is 1.82 bits per heavy atom. The molecule has 0 aliphatic carbocycles. The molecule has 4 rings (SSSR count). The summed E-state index contributed by atoms with van der Waals surface area (Å²) in [5, 5.41) is 5.97. The number of carbonyl (C=O) groups excluding carboxylic acids is 1. The Balaban J connectivity index is 2.01. The van der Waals surface area contributed by atoms with Gasteiger partial charge in [0, 0.05) is 10.6 Å². The van der Waals surface area contributed by atoms with Crippen molar-refractivity contribution in [1.29, 1.82) is 0 Å². The fourth-order valence-corrected chi connectivity index (χ4v) is 3.30. The van der Waals surface area contributed by atoms with Gasteiger partial charge in [-0.2, -0.15) is 5.10 Å². The number of hydrogen-bond acceptors (Lipinski definition) is 4. The normalized spacial score (nSPS) is 11.0. The van der Waals surface area contributed by atoms with E-state index < -0.39 is 0 Å². The van der Waals surface area contributed by atoms with Crippen LogP contribution in [0.4, 0.5) is 0 Å². The van der Waals surface area contributed by atoms with Crippen LogP contribution in [0.25, 0.3) is 28.0 Å². The molecule has 0 radical (unpaired) electrons. The minimum absolute atomic E-state index is 0.296. The number of nitrogens with zero attached hydrogens (tertiary/aromatic N) is 3. The average Bonchev–Trinajstić information content (AvgIpc) is 3.05. The Morgan fingerprint density at radius 1 is 1.11 bits per heavy atom. The Bertz CT molecular complexity index is 1150. The number of fused-ring (bicyclic) bond motifs is 1. The third-order valence-electron chi connectivity index (χ3n) is 4.45. The summed E-state index contributed by atoms with van der Waals surface area (Å²) in [5.41, 5.74) is 4.17. The van der Waals surface area contributed by atoms with E-state index in [-0.39, 0.29) is 5.97 Å². The van der Waals surface area contributed by atoms with Crippen LogP contribution in [0.1, 0.15) is 23.0 Å². The molecular formula is C22H18ClN3O2. The number of esters is 1. The zero-order valence-electron chi connectivity index (χ0n) is 15.5. The van der Waals surface area contributed by atoms with E-state index in [2.05, 4.69) is 5.10 Å². The molecule has 2 aromatic heterocycles. The lowest BCUT2D eigenvalue weighted by atomic mass is 10.1. The van der Waals surface area contributed by atoms with Crippen LogP contribution in [0.15, 0.2) is 60.7 Å². The summed E-state index contributed by atoms with van der Waals surface area (Å²) < 4.78 is 7.05. The monoisotopic (exact) mass is 391 g/mol. The molecule has 0 saturated carbocycles. The zero-order chi connectivity index (χ0) is 19.7. The molecule has 4 aromatic rings. The predicted octanol–water partition coefficient (Wildman–Crippen LogP) is 5.23. The van der Waals surface area contributed by atoms with Crippen molar-refractivity contribution in [3.05, 3.63) is 76.9 Å². The summed E-state index contributed by atoms with van der Waals surface area (Å²) in [4.78, 5) is 17.5. The smallest absolute Gasteiger partial charge is 0.339 e. The van der Waals surface area contributed by atoms with E-state index >= 15 is 0 Å². The standard InChI is InChI=1S/C22H18ClN3O2/c1-3-28-22(27)18-13-19(15-9-11-16(23)12-10-15)24-21-20(18)14(2)25-26(21)17-7-5-4-6-8-17/h4-13H,3H2,1-2H3. The molecule has 0 spiro atoms. The molecule has 6 heteroatoms. The highest BCUT2D eigenvalue weighted by Crippen LogP contribution is 2.29. The van der Waals surface area contributed by atoms with E-state index in [4.69, 9.17) is 21.3 Å². The Labute approximate surface area is 167 Å². The van der Waals surface area contributed by atoms with Crippen molar-refractivity contribution in [2.75, 3.05) is 6.61 Å². The fourth-order valence-electron chi connectivity index (χ4n) is 3.18. The van der Waals surface area contributed by atoms with Gasteiger partial charge in [0.05, 0.1) is 34.6 Å². The number of ether oxygens (including phenoxy) is 1. The van der Waals surface area contributed by atoms with Gasteiger partial charge in [0.2, 0.25) is 0 Å². The molecule has 0 atom stereocenters. The third-order valence-corrected chi connectivity index (χ3v) is 4.70. The summed E-state index contributed by atoms with van der Waals surface area (Å²) in [5.74, 6) is -0.388. The van der Waals surface area contributed by atoms with Gasteiger partial charge in [-0.15, -0.1) is 0 Å². The number of rotatable bonds is 4. The van der Waals surface area contributed by atoms with Gasteiger partial charge in [-0.1, -0.05) is 41.9 Å². The highest BCUT2D eigenvalue weighted by atomic mass is 35.5. The van der Waals surface area contributed by atoms with Crippen molar-refractivity contribution in [2.24, 2.45) is 0 Å². The summed E-state index contributed by atoms with van der Waals surface area (Å²) in [6.45, 7) is 3.95. The van der Waals surface area contributed by atoms with Crippen LogP contribution in [-0.4, -0.2) is 27.3 Å². The van der Waals surface area contributed by atoms with Crippen LogP contribution in [0.5, 0.6) is 0 Å². The summed E-state index contributed by atoms with van der Waals surface area (Å²) in [7, 11) is 0. The maximum atomic E-state index is 12.7. The summed E-state index contributed by atoms with van der Waals surface area (Å²) in [6.07, 6.45) is 0. The lowest BCUT2D eigenvalue weighted by Gasteiger charge is -2.09. The first-order valence-electron chi connectivity index (χ1n) is 8.97. The van der Waals surface area contributed by atoms with E-state index in [1.165, 1.54) is 0 Å². The van der Waals surface area contributed by atoms with Crippen LogP contribution < -0.4 is 0 Å². The molecule has 0 aliphatic rings. The quantitative estimate of drug-likeness (QED) is 0.447. The molecular weight excluding hydrogens is 374 g/mol. The van der Waals surface area contributed by atoms with E-state index in [1.54, 1.807) is 29.8 Å². The Morgan fingerprint density at radius 3 is 2.50 bits per heavy atom. The molecule has 0 N–H and O–H groups in total. The number of pyridine rings is 1. The van der Waals surface area contributed by atoms with E-state index in [9.17, 15) is 4.79 Å². The second kappa shape index (κ2) is 7.44. The maximum absolute atomic E-state index is 12.7. The number of carbonyl (C=O) groups is 1. The molecule has 0 aliphatic heterocycles. The van der Waals surface area contributed by atoms with Crippen molar-refractivity contribution in [2.45, 2.75) is 13.8 Å². The fraction of sp³-hybridized carbons (Fsp3) is 0.136. The highest BCUT2D eigenvalue weighted by Gasteiger charge is 2.21. The van der Waals surface area contributed by atoms with Crippen molar-refractivity contribution < 1.29 is 9.53 Å². The number of para-hydroxylation sites is 1. The number of aryl methyl sites for hydroxylation is 1. The molecule has 0 bridgehead atoms. The minimum Gasteiger partial charge on any atom is -0.462 e. The van der Waals surface area contributed by atoms with Gasteiger partial charge in [-0.05, 0) is 44.2 Å². The minimum atomic E-state index is -0.388. The number of aromatic nitrogens is 3. The van der Waals surface area contributed by atoms with Crippen molar-refractivity contribution >= 4 is 28.6 Å². The first-order chi connectivity index (χ1) is 13.6. The van der Waals surface area contributed by atoms with E-state index in [0.717, 1.165) is 16.9 Å². The third kappa shape index (κ3) is 3.25. The molecule has 0 amide bonds. The zero-order valence-corrected chi connectivity index (χ0v) is 16.3. The Hall–Kier alpha value is -3.18. The number of hydrogen-bond donors (Lipinski definition) is 0. The lowest BCUT2D eigenvalue weighted by Crippen LogP contribution is -2.07. The van der Waals surface area contributed by atoms with Crippen LogP contribution in [0.2, 0.25) is 5.02 Å². The van der Waals surface area contributed by atoms with Crippen LogP contribution in [-0.2, 0) is 4.74 Å². The molecule has 140 valence electrons. The SMILES string of the molecule is CCOC(=O)c1cc(-c2ccc(Cl)cc2)nc2c1c(C)nn2-c1ccccc1. The summed E-state index contributed by atoms with van der Waals surface area (Å²) in [6, 6.07) is 18.8. The van der Waals surface area contributed by atoms with E-state index in [0.29, 0.717) is 33.9 Å². The molecule has 0 saturated heterocycles. The second-order valence-electron chi connectivity index (χ2n) is 6.31. The molecule has 2 heterocycles. The Kier molecular flexibility index (Phi) is 4.84. The summed E-state index contributed by atoms with van der Waals surface area (Å²) >= 11 is 6.02. The van der Waals surface area contributed by atoms with Crippen LogP contribution in [0, 0.1) is 6.92 Å². The first-order valence-corrected chi connectivity index (χ1v) is 9.35. The van der Waals surface area contributed by atoms with Crippen LogP contribution >= 0.6 is 11.6 Å². The molecule has 0 unspecified atom stereocenters. The lowest BCUT2D eigenvalue weighted by molar-refractivity contribution is 0.0528. The molecule has 0 fully saturated rings. The van der Waals surface area contributed by atoms with Crippen molar-refractivity contribution in [3.8, 4) is 16.9 Å². The van der Waals surface area contributed by atoms with Crippen molar-refractivity contribution in [1.82, 2.24) is 14.8 Å². The number of benzene rings is 2. The molecule has 5 nitrogen and oxygen atoms in total. The van der Waals surface area contributed by atoms with Gasteiger partial charge >= 0.3 is 5.97 Å². The average molecular weight is 392 g/mol. The first kappa shape index (κ1) is 18.2. The molecule has 2 aromatic carbocycles. The second-order valence-corrected chi connectivity index (χ2v) is 6.75. The highest BCUT2D eigenvalue weighted by molar-refractivity contribution is 6.30. The van der Waals surface area contributed by atoms with Gasteiger partial charge in [-0.25, -0.2) is 14.5 Å². The number of halogens is 1. The van der Waals surface area contributed by atoms with E-state index in [1.807, 2.05) is 49.4 Å². The van der Waals surface area contributed by atoms with Gasteiger partial charge in [0.25, 0.3) is 0 Å². The van der Waals surface area contributed by atoms with Crippen molar-refractivity contribution in [3.63, 3.8) is 0 Å². The predicted molar refractivity (Wildman–Crippen MR) is 110 cm³/mol. The maximum Gasteiger partial charge on any atom is 0.339 e. The largest absolute Gasteiger partial charge is 0.462 e. The van der Waals surface area contributed by atoms with Gasteiger partial charge < -0.3 is 4.74 Å².